The van der Waals surface area contributed by atoms with Gasteiger partial charge in [-0.15, -0.1) is 0 Å². The Bertz CT molecular complexity index is 410. The van der Waals surface area contributed by atoms with Gasteiger partial charge < -0.3 is 9.42 Å². The number of rotatable bonds is 3. The molecular weight excluding hydrogens is 273 g/mol. The molecule has 1 saturated heterocycles. The summed E-state index contributed by atoms with van der Waals surface area (Å²) in [5.74, 6) is 0. The molecule has 6 heteroatoms. The van der Waals surface area contributed by atoms with Crippen LogP contribution in [0.2, 0.25) is 0 Å². The Balaban J connectivity index is 2.86. The largest absolute Gasteiger partial charge is 0.316 e. The van der Waals surface area contributed by atoms with E-state index in [-0.39, 0.29) is 5.41 Å². The summed E-state index contributed by atoms with van der Waals surface area (Å²) in [6.07, 6.45) is 2.15. The molecule has 0 spiro atoms. The summed E-state index contributed by atoms with van der Waals surface area (Å²) in [5, 5.41) is 8.48. The van der Waals surface area contributed by atoms with Gasteiger partial charge in [0.25, 0.3) is 7.52 Å². The number of hydrogen-bond donors (Lipinski definition) is 0. The van der Waals surface area contributed by atoms with E-state index in [1.54, 1.807) is 4.90 Å². The number of hydrogen-bond acceptors (Lipinski definition) is 4. The van der Waals surface area contributed by atoms with Crippen molar-refractivity contribution in [3.8, 4) is 6.19 Å². The molecule has 0 amide bonds. The molecule has 0 aromatic carbocycles. The Kier molecular flexibility index (Phi) is 5.29. The summed E-state index contributed by atoms with van der Waals surface area (Å²) in [4.78, 5) is 1.70. The van der Waals surface area contributed by atoms with Gasteiger partial charge in [0.2, 0.25) is 0 Å². The first-order valence-electron chi connectivity index (χ1n) is 7.14. The van der Waals surface area contributed by atoms with Crippen LogP contribution in [0.25, 0.3) is 0 Å². The van der Waals surface area contributed by atoms with Crippen LogP contribution in [0.5, 0.6) is 0 Å². The second-order valence-corrected chi connectivity index (χ2v) is 10.8. The lowest BCUT2D eigenvalue weighted by Crippen LogP contribution is -2.45. The zero-order valence-corrected chi connectivity index (χ0v) is 14.5. The van der Waals surface area contributed by atoms with Crippen molar-refractivity contribution >= 4 is 7.52 Å². The summed E-state index contributed by atoms with van der Waals surface area (Å²) in [5.41, 5.74) is -0.0185. The molecule has 0 aromatic rings. The average Bonchev–Trinajstić information content (AvgIpc) is 2.34. The van der Waals surface area contributed by atoms with Crippen LogP contribution in [-0.2, 0) is 9.09 Å². The van der Waals surface area contributed by atoms with E-state index in [1.807, 2.05) is 25.4 Å². The Hall–Kier alpha value is -0.560. The molecule has 0 radical (unpaired) electrons. The highest BCUT2D eigenvalue weighted by Crippen LogP contribution is 2.62. The minimum atomic E-state index is -2.91. The smallest absolute Gasteiger partial charge is 0.277 e. The van der Waals surface area contributed by atoms with E-state index < -0.39 is 12.7 Å². The Morgan fingerprint density at radius 3 is 1.95 bits per heavy atom. The van der Waals surface area contributed by atoms with Gasteiger partial charge in [0, 0.05) is 26.2 Å². The highest BCUT2D eigenvalue weighted by Gasteiger charge is 2.45. The lowest BCUT2D eigenvalue weighted by Gasteiger charge is -2.43. The first kappa shape index (κ1) is 17.5. The van der Waals surface area contributed by atoms with E-state index >= 15 is 0 Å². The third-order valence-corrected chi connectivity index (χ3v) is 6.61. The molecule has 1 fully saturated rings. The van der Waals surface area contributed by atoms with E-state index in [0.29, 0.717) is 32.8 Å². The van der Waals surface area contributed by atoms with Crippen molar-refractivity contribution in [2.24, 2.45) is 5.41 Å². The van der Waals surface area contributed by atoms with Crippen molar-refractivity contribution in [3.63, 3.8) is 0 Å². The summed E-state index contributed by atoms with van der Waals surface area (Å²) < 4.78 is 21.3. The van der Waals surface area contributed by atoms with Crippen LogP contribution < -0.4 is 0 Å². The number of piperazine rings is 1. The van der Waals surface area contributed by atoms with Gasteiger partial charge in [0.15, 0.2) is 6.19 Å². The maximum absolute atomic E-state index is 13.4. The second kappa shape index (κ2) is 6.05. The van der Waals surface area contributed by atoms with Gasteiger partial charge in [0.05, 0.1) is 11.8 Å². The first-order valence-corrected chi connectivity index (χ1v) is 8.72. The van der Waals surface area contributed by atoms with E-state index in [4.69, 9.17) is 9.79 Å². The highest BCUT2D eigenvalue weighted by atomic mass is 31.2. The summed E-state index contributed by atoms with van der Waals surface area (Å²) in [6.45, 7) is 15.1. The quantitative estimate of drug-likeness (QED) is 0.592. The van der Waals surface area contributed by atoms with Gasteiger partial charge in [-0.2, -0.15) is 5.26 Å². The van der Waals surface area contributed by atoms with Gasteiger partial charge in [-0.1, -0.05) is 20.8 Å². The van der Waals surface area contributed by atoms with E-state index in [9.17, 15) is 4.57 Å². The van der Waals surface area contributed by atoms with Crippen LogP contribution >= 0.6 is 7.52 Å². The van der Waals surface area contributed by atoms with Gasteiger partial charge in [-0.3, -0.25) is 4.57 Å². The molecule has 20 heavy (non-hydrogen) atoms. The predicted octanol–water partition coefficient (Wildman–Crippen LogP) is 3.14. The molecule has 1 heterocycles. The van der Waals surface area contributed by atoms with E-state index in [0.717, 1.165) is 0 Å². The maximum atomic E-state index is 13.4. The average molecular weight is 301 g/mol. The molecule has 0 saturated carbocycles. The van der Waals surface area contributed by atoms with Crippen LogP contribution in [0.15, 0.2) is 0 Å². The highest BCUT2D eigenvalue weighted by molar-refractivity contribution is 7.58. The summed E-state index contributed by atoms with van der Waals surface area (Å²) in [6, 6.07) is 0. The minimum absolute atomic E-state index is 0.0185. The van der Waals surface area contributed by atoms with Gasteiger partial charge in [0.1, 0.15) is 0 Å². The lowest BCUT2D eigenvalue weighted by atomic mass is 9.99. The van der Waals surface area contributed by atoms with Gasteiger partial charge >= 0.3 is 0 Å². The third kappa shape index (κ3) is 4.22. The van der Waals surface area contributed by atoms with Crippen LogP contribution in [0.1, 0.15) is 41.5 Å². The summed E-state index contributed by atoms with van der Waals surface area (Å²) >= 11 is 0. The zero-order valence-electron chi connectivity index (χ0n) is 13.6. The molecule has 1 rings (SSSR count). The van der Waals surface area contributed by atoms with Crippen LogP contribution in [0, 0.1) is 16.9 Å². The normalized spacial score (nSPS) is 21.4. The molecule has 116 valence electrons. The molecule has 0 aromatic heterocycles. The molecule has 1 aliphatic heterocycles. The van der Waals surface area contributed by atoms with Crippen LogP contribution in [0.3, 0.4) is 0 Å². The fourth-order valence-electron chi connectivity index (χ4n) is 2.04. The molecule has 1 unspecified atom stereocenters. The predicted molar refractivity (Wildman–Crippen MR) is 81.5 cm³/mol. The molecule has 1 atom stereocenters. The van der Waals surface area contributed by atoms with Crippen molar-refractivity contribution in [2.45, 2.75) is 46.7 Å². The van der Waals surface area contributed by atoms with Crippen molar-refractivity contribution in [2.75, 3.05) is 32.8 Å². The molecule has 5 nitrogen and oxygen atoms in total. The van der Waals surface area contributed by atoms with Gasteiger partial charge in [-0.05, 0) is 26.2 Å². The molecule has 0 N–H and O–H groups in total. The van der Waals surface area contributed by atoms with Crippen molar-refractivity contribution in [1.29, 1.82) is 5.26 Å². The zero-order chi connectivity index (χ0) is 15.6. The first-order chi connectivity index (χ1) is 8.99. The maximum Gasteiger partial charge on any atom is 0.277 e. The van der Waals surface area contributed by atoms with Crippen LogP contribution in [0.4, 0.5) is 0 Å². The van der Waals surface area contributed by atoms with Crippen LogP contribution in [-0.4, -0.2) is 47.5 Å². The monoisotopic (exact) mass is 301 g/mol. The third-order valence-electron chi connectivity index (χ3n) is 3.29. The molecule has 0 aliphatic carbocycles. The van der Waals surface area contributed by atoms with Crippen molar-refractivity contribution in [1.82, 2.24) is 9.57 Å². The molecule has 0 bridgehead atoms. The number of nitriles is 1. The van der Waals surface area contributed by atoms with E-state index in [1.165, 1.54) is 0 Å². The van der Waals surface area contributed by atoms with Crippen molar-refractivity contribution < 1.29 is 9.09 Å². The Morgan fingerprint density at radius 2 is 1.60 bits per heavy atom. The second-order valence-electron chi connectivity index (χ2n) is 7.57. The van der Waals surface area contributed by atoms with Gasteiger partial charge in [-0.25, -0.2) is 4.67 Å². The van der Waals surface area contributed by atoms with E-state index in [2.05, 4.69) is 27.0 Å². The topological polar surface area (TPSA) is 56.6 Å². The standard InChI is InChI=1S/C14H28N3O2P/c1-13(2,3)11-19-20(18,14(4,5)6)17-9-7-16(12-15)8-10-17/h7-11H2,1-6H3. The number of nitrogens with zero attached hydrogens (tertiary/aromatic N) is 3. The SMILES string of the molecule is CC(C)(C)COP(=O)(N1CCN(C#N)CC1)C(C)(C)C. The minimum Gasteiger partial charge on any atom is -0.316 e. The summed E-state index contributed by atoms with van der Waals surface area (Å²) in [7, 11) is -2.91. The van der Waals surface area contributed by atoms with Crippen molar-refractivity contribution in [3.05, 3.63) is 0 Å². The fourth-order valence-corrected chi connectivity index (χ4v) is 4.71. The fraction of sp³-hybridized carbons (Fsp3) is 0.929. The molecular formula is C14H28N3O2P. The Labute approximate surface area is 123 Å². The molecule has 1 aliphatic rings. The Morgan fingerprint density at radius 1 is 1.10 bits per heavy atom. The lowest BCUT2D eigenvalue weighted by molar-refractivity contribution is 0.153.